The minimum atomic E-state index is -0.603. The fourth-order valence-electron chi connectivity index (χ4n) is 2.29. The van der Waals surface area contributed by atoms with Gasteiger partial charge in [0.2, 0.25) is 5.91 Å². The van der Waals surface area contributed by atoms with E-state index in [0.717, 1.165) is 4.57 Å². The highest BCUT2D eigenvalue weighted by Gasteiger charge is 2.16. The van der Waals surface area contributed by atoms with Gasteiger partial charge in [0.25, 0.3) is 5.56 Å². The predicted molar refractivity (Wildman–Crippen MR) is 95.0 cm³/mol. The van der Waals surface area contributed by atoms with Crippen LogP contribution in [0.2, 0.25) is 10.0 Å². The molecule has 0 radical (unpaired) electrons. The fraction of sp³-hybridized carbons (Fsp3) is 0.400. The number of benzene rings is 1. The van der Waals surface area contributed by atoms with E-state index in [1.165, 1.54) is 23.7 Å². The van der Waals surface area contributed by atoms with Crippen LogP contribution in [0.15, 0.2) is 21.7 Å². The van der Waals surface area contributed by atoms with E-state index in [0.29, 0.717) is 13.1 Å². The predicted octanol–water partition coefficient (Wildman–Crippen LogP) is 0.685. The molecule has 130 valence electrons. The van der Waals surface area contributed by atoms with Gasteiger partial charge in [0.15, 0.2) is 0 Å². The van der Waals surface area contributed by atoms with Crippen molar-refractivity contribution in [3.8, 4) is 0 Å². The number of hydrogen-bond acceptors (Lipinski definition) is 4. The Hall–Kier alpha value is -1.83. The lowest BCUT2D eigenvalue weighted by Gasteiger charge is -2.14. The van der Waals surface area contributed by atoms with Gasteiger partial charge in [0.05, 0.1) is 15.9 Å². The summed E-state index contributed by atoms with van der Waals surface area (Å²) < 4.78 is 2.12. The van der Waals surface area contributed by atoms with Crippen molar-refractivity contribution >= 4 is 40.0 Å². The molecule has 9 heteroatoms. The molecule has 2 aromatic rings. The molecule has 24 heavy (non-hydrogen) atoms. The number of likely N-dealkylation sites (N-methyl/N-ethyl adjacent to an activating group) is 1. The first-order valence-corrected chi connectivity index (χ1v) is 7.98. The molecule has 1 aromatic carbocycles. The first kappa shape index (κ1) is 18.5. The summed E-state index contributed by atoms with van der Waals surface area (Å²) in [6.07, 6.45) is 0. The van der Waals surface area contributed by atoms with E-state index in [2.05, 4.69) is 5.32 Å². The van der Waals surface area contributed by atoms with Gasteiger partial charge in [0, 0.05) is 25.2 Å². The van der Waals surface area contributed by atoms with Crippen molar-refractivity contribution in [1.29, 1.82) is 0 Å². The Morgan fingerprint density at radius 1 is 1.25 bits per heavy atom. The monoisotopic (exact) mass is 372 g/mol. The van der Waals surface area contributed by atoms with Crippen molar-refractivity contribution in [2.24, 2.45) is 7.05 Å². The van der Waals surface area contributed by atoms with Crippen molar-refractivity contribution in [3.05, 3.63) is 43.0 Å². The van der Waals surface area contributed by atoms with Crippen LogP contribution >= 0.6 is 23.2 Å². The van der Waals surface area contributed by atoms with E-state index in [9.17, 15) is 14.4 Å². The number of carbonyl (C=O) groups excluding carboxylic acids is 1. The van der Waals surface area contributed by atoms with E-state index in [1.54, 1.807) is 0 Å². The SMILES string of the molecule is CN(C)CCNC(=O)Cn1c(=O)n(C)c(=O)c2c(Cl)cc(Cl)cc21. The number of rotatable bonds is 5. The van der Waals surface area contributed by atoms with Gasteiger partial charge in [-0.15, -0.1) is 0 Å². The summed E-state index contributed by atoms with van der Waals surface area (Å²) in [6.45, 7) is 0.895. The second-order valence-electron chi connectivity index (χ2n) is 5.67. The summed E-state index contributed by atoms with van der Waals surface area (Å²) in [4.78, 5) is 38.7. The molecular weight excluding hydrogens is 355 g/mol. The minimum Gasteiger partial charge on any atom is -0.353 e. The van der Waals surface area contributed by atoms with Crippen molar-refractivity contribution in [2.45, 2.75) is 6.54 Å². The number of hydrogen-bond donors (Lipinski definition) is 1. The molecular formula is C15H18Cl2N4O3. The van der Waals surface area contributed by atoms with Crippen molar-refractivity contribution < 1.29 is 4.79 Å². The molecule has 1 aromatic heterocycles. The maximum absolute atomic E-state index is 12.4. The molecule has 0 bridgehead atoms. The van der Waals surface area contributed by atoms with Gasteiger partial charge >= 0.3 is 5.69 Å². The quantitative estimate of drug-likeness (QED) is 0.837. The molecule has 1 heterocycles. The average molecular weight is 373 g/mol. The summed E-state index contributed by atoms with van der Waals surface area (Å²) in [5.41, 5.74) is -0.891. The Labute approximate surface area is 148 Å². The molecule has 0 fully saturated rings. The molecule has 0 saturated heterocycles. The number of aromatic nitrogens is 2. The Morgan fingerprint density at radius 2 is 1.92 bits per heavy atom. The number of fused-ring (bicyclic) bond motifs is 1. The highest BCUT2D eigenvalue weighted by molar-refractivity contribution is 6.38. The molecule has 0 aliphatic rings. The number of halogens is 2. The number of nitrogens with zero attached hydrogens (tertiary/aromatic N) is 3. The standard InChI is InChI=1S/C15H18Cl2N4O3/c1-19(2)5-4-18-12(22)8-21-11-7-9(16)6-10(17)13(11)14(23)20(3)15(21)24/h6-7H,4-5,8H2,1-3H3,(H,18,22). The molecule has 7 nitrogen and oxygen atoms in total. The summed E-state index contributed by atoms with van der Waals surface area (Å²) in [5, 5.41) is 3.30. The highest BCUT2D eigenvalue weighted by atomic mass is 35.5. The Bertz CT molecular complexity index is 902. The highest BCUT2D eigenvalue weighted by Crippen LogP contribution is 2.24. The van der Waals surface area contributed by atoms with E-state index in [-0.39, 0.29) is 33.4 Å². The van der Waals surface area contributed by atoms with Gasteiger partial charge < -0.3 is 10.2 Å². The molecule has 0 saturated carbocycles. The van der Waals surface area contributed by atoms with Crippen LogP contribution < -0.4 is 16.6 Å². The molecule has 1 amide bonds. The van der Waals surface area contributed by atoms with Crippen molar-refractivity contribution in [2.75, 3.05) is 27.2 Å². The van der Waals surface area contributed by atoms with Crippen LogP contribution in [-0.2, 0) is 18.4 Å². The van der Waals surface area contributed by atoms with E-state index < -0.39 is 11.2 Å². The van der Waals surface area contributed by atoms with E-state index in [1.807, 2.05) is 19.0 Å². The third-order valence-electron chi connectivity index (χ3n) is 3.54. The molecule has 0 spiro atoms. The Balaban J connectivity index is 2.48. The lowest BCUT2D eigenvalue weighted by Crippen LogP contribution is -2.42. The smallest absolute Gasteiger partial charge is 0.331 e. The van der Waals surface area contributed by atoms with Gasteiger partial charge in [0.1, 0.15) is 6.54 Å². The van der Waals surface area contributed by atoms with E-state index >= 15 is 0 Å². The van der Waals surface area contributed by atoms with Gasteiger partial charge in [-0.2, -0.15) is 0 Å². The molecule has 0 unspecified atom stereocenters. The second-order valence-corrected chi connectivity index (χ2v) is 6.51. The normalized spacial score (nSPS) is 11.2. The molecule has 0 aliphatic carbocycles. The van der Waals surface area contributed by atoms with Crippen LogP contribution in [0.25, 0.3) is 10.9 Å². The number of carbonyl (C=O) groups is 1. The van der Waals surface area contributed by atoms with Gasteiger partial charge in [-0.05, 0) is 26.2 Å². The zero-order valence-electron chi connectivity index (χ0n) is 13.6. The first-order chi connectivity index (χ1) is 11.2. The molecule has 0 aliphatic heterocycles. The lowest BCUT2D eigenvalue weighted by atomic mass is 10.2. The molecule has 1 N–H and O–H groups in total. The Kier molecular flexibility index (Phi) is 5.69. The van der Waals surface area contributed by atoms with Gasteiger partial charge in [-0.25, -0.2) is 4.79 Å². The zero-order chi connectivity index (χ0) is 18.0. The fourth-order valence-corrected chi connectivity index (χ4v) is 2.86. The van der Waals surface area contributed by atoms with Crippen LogP contribution in [0, 0.1) is 0 Å². The second kappa shape index (κ2) is 7.38. The first-order valence-electron chi connectivity index (χ1n) is 7.22. The van der Waals surface area contributed by atoms with Crippen LogP contribution in [0.3, 0.4) is 0 Å². The zero-order valence-corrected chi connectivity index (χ0v) is 15.1. The largest absolute Gasteiger partial charge is 0.353 e. The summed E-state index contributed by atoms with van der Waals surface area (Å²) >= 11 is 12.1. The Morgan fingerprint density at radius 3 is 2.54 bits per heavy atom. The maximum Gasteiger partial charge on any atom is 0.331 e. The summed E-state index contributed by atoms with van der Waals surface area (Å²) in [7, 11) is 5.12. The topological polar surface area (TPSA) is 76.3 Å². The van der Waals surface area contributed by atoms with Crippen LogP contribution in [0.1, 0.15) is 0 Å². The van der Waals surface area contributed by atoms with Crippen molar-refractivity contribution in [1.82, 2.24) is 19.4 Å². The lowest BCUT2D eigenvalue weighted by molar-refractivity contribution is -0.121. The summed E-state index contributed by atoms with van der Waals surface area (Å²) in [6, 6.07) is 2.89. The average Bonchev–Trinajstić information content (AvgIpc) is 2.48. The molecule has 2 rings (SSSR count). The summed E-state index contributed by atoms with van der Waals surface area (Å²) in [5.74, 6) is -0.338. The van der Waals surface area contributed by atoms with Crippen LogP contribution in [0.4, 0.5) is 0 Å². The van der Waals surface area contributed by atoms with E-state index in [4.69, 9.17) is 23.2 Å². The molecule has 0 atom stereocenters. The van der Waals surface area contributed by atoms with Crippen LogP contribution in [-0.4, -0.2) is 47.1 Å². The van der Waals surface area contributed by atoms with Gasteiger partial charge in [-0.1, -0.05) is 23.2 Å². The third kappa shape index (κ3) is 3.80. The minimum absolute atomic E-state index is 0.139. The number of nitrogens with one attached hydrogen (secondary N) is 1. The maximum atomic E-state index is 12.4. The number of amides is 1. The van der Waals surface area contributed by atoms with Crippen LogP contribution in [0.5, 0.6) is 0 Å². The third-order valence-corrected chi connectivity index (χ3v) is 4.06. The van der Waals surface area contributed by atoms with Gasteiger partial charge in [-0.3, -0.25) is 18.7 Å². The van der Waals surface area contributed by atoms with Crippen molar-refractivity contribution in [3.63, 3.8) is 0 Å².